The first-order valence-corrected chi connectivity index (χ1v) is 10.0. The number of carbonyl (C=O) groups excluding carboxylic acids is 1. The monoisotopic (exact) mass is 408 g/mol. The van der Waals surface area contributed by atoms with Gasteiger partial charge in [0.25, 0.3) is 11.2 Å². The molecule has 3 heterocycles. The number of anilines is 1. The Morgan fingerprint density at radius 1 is 1.07 bits per heavy atom. The summed E-state index contributed by atoms with van der Waals surface area (Å²) in [5.41, 5.74) is 1.32. The number of nitro benzene ring substituents is 1. The van der Waals surface area contributed by atoms with E-state index in [1.165, 1.54) is 6.07 Å². The van der Waals surface area contributed by atoms with Crippen LogP contribution in [0.5, 0.6) is 0 Å². The summed E-state index contributed by atoms with van der Waals surface area (Å²) in [6.07, 6.45) is 0.918. The van der Waals surface area contributed by atoms with Gasteiger partial charge in [-0.15, -0.1) is 11.3 Å². The third-order valence-corrected chi connectivity index (χ3v) is 6.60. The summed E-state index contributed by atoms with van der Waals surface area (Å²) in [5, 5.41) is 22.2. The number of benzene rings is 1. The van der Waals surface area contributed by atoms with E-state index in [2.05, 4.69) is 15.5 Å². The van der Waals surface area contributed by atoms with Gasteiger partial charge in [0, 0.05) is 40.1 Å². The summed E-state index contributed by atoms with van der Waals surface area (Å²) < 4.78 is 0. The summed E-state index contributed by atoms with van der Waals surface area (Å²) >= 11 is 1.61. The van der Waals surface area contributed by atoms with Gasteiger partial charge in [-0.05, 0) is 17.9 Å². The van der Waals surface area contributed by atoms with E-state index >= 15 is 0 Å². The number of nitro groups is 1. The quantitative estimate of drug-likeness (QED) is 0.451. The van der Waals surface area contributed by atoms with Crippen LogP contribution < -0.4 is 10.9 Å². The van der Waals surface area contributed by atoms with Gasteiger partial charge in [-0.1, -0.05) is 24.3 Å². The predicted octanol–water partition coefficient (Wildman–Crippen LogP) is 3.63. The Balaban J connectivity index is 1.70. The molecular weight excluding hydrogens is 392 g/mol. The molecule has 0 spiro atoms. The SMILES string of the molecule is O=C1CC(c2cccs2)CC2=C1C(c1ccccc1[N+](=O)[O-])c1c([nH][nH]c1=O)N2. The van der Waals surface area contributed by atoms with Gasteiger partial charge in [-0.3, -0.25) is 29.9 Å². The number of para-hydroxylation sites is 1. The molecule has 0 radical (unpaired) electrons. The fourth-order valence-electron chi connectivity index (χ4n) is 4.35. The lowest BCUT2D eigenvalue weighted by atomic mass is 9.73. The van der Waals surface area contributed by atoms with Crippen LogP contribution in [0.25, 0.3) is 0 Å². The predicted molar refractivity (Wildman–Crippen MR) is 108 cm³/mol. The van der Waals surface area contributed by atoms with Crippen molar-refractivity contribution in [3.8, 4) is 0 Å². The van der Waals surface area contributed by atoms with E-state index in [-0.39, 0.29) is 17.4 Å². The molecule has 0 saturated heterocycles. The van der Waals surface area contributed by atoms with E-state index < -0.39 is 16.4 Å². The molecule has 0 bridgehead atoms. The number of fused-ring (bicyclic) bond motifs is 1. The molecule has 9 heteroatoms. The van der Waals surface area contributed by atoms with Gasteiger partial charge in [-0.2, -0.15) is 0 Å². The fourth-order valence-corrected chi connectivity index (χ4v) is 5.19. The summed E-state index contributed by atoms with van der Waals surface area (Å²) in [5.74, 6) is -0.370. The van der Waals surface area contributed by atoms with E-state index in [1.807, 2.05) is 17.5 Å². The van der Waals surface area contributed by atoms with Gasteiger partial charge in [0.1, 0.15) is 5.82 Å². The average molecular weight is 408 g/mol. The first kappa shape index (κ1) is 17.6. The molecule has 3 N–H and O–H groups in total. The maximum atomic E-state index is 13.3. The van der Waals surface area contributed by atoms with Crippen LogP contribution in [-0.4, -0.2) is 20.9 Å². The summed E-state index contributed by atoms with van der Waals surface area (Å²) in [7, 11) is 0. The molecule has 3 aromatic rings. The average Bonchev–Trinajstić information content (AvgIpc) is 3.37. The molecule has 1 aromatic carbocycles. The zero-order valence-corrected chi connectivity index (χ0v) is 15.9. The highest BCUT2D eigenvalue weighted by molar-refractivity contribution is 7.10. The number of carbonyl (C=O) groups is 1. The van der Waals surface area contributed by atoms with Crippen LogP contribution in [0.2, 0.25) is 0 Å². The number of hydrogen-bond acceptors (Lipinski definition) is 6. The van der Waals surface area contributed by atoms with Crippen LogP contribution in [0.4, 0.5) is 11.5 Å². The molecule has 29 heavy (non-hydrogen) atoms. The minimum Gasteiger partial charge on any atom is -0.343 e. The van der Waals surface area contributed by atoms with Gasteiger partial charge < -0.3 is 5.32 Å². The highest BCUT2D eigenvalue weighted by Crippen LogP contribution is 2.48. The van der Waals surface area contributed by atoms with Crippen LogP contribution in [0.15, 0.2) is 57.8 Å². The van der Waals surface area contributed by atoms with Crippen molar-refractivity contribution in [1.29, 1.82) is 0 Å². The minimum absolute atomic E-state index is 0.0485. The molecule has 0 fully saturated rings. The maximum Gasteiger partial charge on any atom is 0.273 e. The van der Waals surface area contributed by atoms with Gasteiger partial charge in [0.05, 0.1) is 16.4 Å². The number of nitrogens with zero attached hydrogens (tertiary/aromatic N) is 1. The Bertz CT molecular complexity index is 1220. The van der Waals surface area contributed by atoms with Crippen molar-refractivity contribution in [2.24, 2.45) is 0 Å². The van der Waals surface area contributed by atoms with Crippen molar-refractivity contribution >= 4 is 28.6 Å². The highest BCUT2D eigenvalue weighted by Gasteiger charge is 2.42. The van der Waals surface area contributed by atoms with Crippen LogP contribution in [-0.2, 0) is 4.79 Å². The van der Waals surface area contributed by atoms with Crippen molar-refractivity contribution < 1.29 is 9.72 Å². The standard InChI is InChI=1S/C20H16N4O4S/c25-14-9-10(15-6-3-7-29-15)8-12-17(14)16(18-19(21-12)22-23-20(18)26)11-4-1-2-5-13(11)24(27)28/h1-7,10,16H,8-9H2,(H3,21,22,23,26). The Morgan fingerprint density at radius 2 is 1.90 bits per heavy atom. The molecule has 5 rings (SSSR count). The third-order valence-electron chi connectivity index (χ3n) is 5.57. The lowest BCUT2D eigenvalue weighted by Gasteiger charge is -2.34. The number of H-pyrrole nitrogens is 2. The number of aromatic amines is 2. The van der Waals surface area contributed by atoms with Crippen LogP contribution in [0.1, 0.15) is 40.7 Å². The molecule has 2 atom stereocenters. The van der Waals surface area contributed by atoms with Gasteiger partial charge in [-0.25, -0.2) is 0 Å². The molecule has 2 aromatic heterocycles. The molecule has 2 unspecified atom stereocenters. The lowest BCUT2D eigenvalue weighted by molar-refractivity contribution is -0.385. The third kappa shape index (κ3) is 2.73. The number of Topliss-reactive ketones (excluding diaryl/α,β-unsaturated/α-hetero) is 1. The van der Waals surface area contributed by atoms with E-state index in [4.69, 9.17) is 0 Å². The summed E-state index contributed by atoms with van der Waals surface area (Å²) in [4.78, 5) is 38.1. The zero-order chi connectivity index (χ0) is 20.1. The second-order valence-electron chi connectivity index (χ2n) is 7.18. The first-order valence-electron chi connectivity index (χ1n) is 9.15. The number of allylic oxidation sites excluding steroid dienone is 2. The first-order chi connectivity index (χ1) is 14.0. The number of ketones is 1. The van der Waals surface area contributed by atoms with Gasteiger partial charge in [0.2, 0.25) is 0 Å². The van der Waals surface area contributed by atoms with Crippen LogP contribution in [0.3, 0.4) is 0 Å². The number of hydrogen-bond donors (Lipinski definition) is 3. The number of aromatic nitrogens is 2. The summed E-state index contributed by atoms with van der Waals surface area (Å²) in [6, 6.07) is 10.3. The molecule has 0 amide bonds. The normalized spacial score (nSPS) is 20.8. The van der Waals surface area contributed by atoms with Gasteiger partial charge >= 0.3 is 0 Å². The molecule has 1 aliphatic heterocycles. The van der Waals surface area contributed by atoms with Crippen LogP contribution in [0, 0.1) is 10.1 Å². The van der Waals surface area contributed by atoms with Crippen molar-refractivity contribution in [3.63, 3.8) is 0 Å². The lowest BCUT2D eigenvalue weighted by Crippen LogP contribution is -2.31. The molecule has 1 aliphatic carbocycles. The second-order valence-corrected chi connectivity index (χ2v) is 8.16. The van der Waals surface area contributed by atoms with E-state index in [9.17, 15) is 19.7 Å². The molecule has 146 valence electrons. The number of rotatable bonds is 3. The largest absolute Gasteiger partial charge is 0.343 e. The number of nitrogens with one attached hydrogen (secondary N) is 3. The van der Waals surface area contributed by atoms with Crippen molar-refractivity contribution in [3.05, 3.63) is 89.5 Å². The summed E-state index contributed by atoms with van der Waals surface area (Å²) in [6.45, 7) is 0. The second kappa shape index (κ2) is 6.56. The zero-order valence-electron chi connectivity index (χ0n) is 15.1. The van der Waals surface area contributed by atoms with Crippen molar-refractivity contribution in [1.82, 2.24) is 10.2 Å². The Kier molecular flexibility index (Phi) is 3.99. The fraction of sp³-hybridized carbons (Fsp3) is 0.200. The Hall–Kier alpha value is -3.46. The molecule has 8 nitrogen and oxygen atoms in total. The van der Waals surface area contributed by atoms with E-state index in [0.29, 0.717) is 41.1 Å². The van der Waals surface area contributed by atoms with Crippen molar-refractivity contribution in [2.45, 2.75) is 24.7 Å². The molecular formula is C20H16N4O4S. The maximum absolute atomic E-state index is 13.3. The van der Waals surface area contributed by atoms with Gasteiger partial charge in [0.15, 0.2) is 5.78 Å². The number of thiophene rings is 1. The van der Waals surface area contributed by atoms with Crippen molar-refractivity contribution in [2.75, 3.05) is 5.32 Å². The Labute approximate surface area is 168 Å². The van der Waals surface area contributed by atoms with E-state index in [0.717, 1.165) is 4.88 Å². The topological polar surface area (TPSA) is 121 Å². The van der Waals surface area contributed by atoms with E-state index in [1.54, 1.807) is 29.5 Å². The Morgan fingerprint density at radius 3 is 2.66 bits per heavy atom. The molecule has 0 saturated carbocycles. The van der Waals surface area contributed by atoms with Crippen LogP contribution >= 0.6 is 11.3 Å². The minimum atomic E-state index is -0.783. The smallest absolute Gasteiger partial charge is 0.273 e. The molecule has 2 aliphatic rings. The highest BCUT2D eigenvalue weighted by atomic mass is 32.1.